The third-order valence-corrected chi connectivity index (χ3v) is 4.45. The van der Waals surface area contributed by atoms with Crippen molar-refractivity contribution < 1.29 is 14.3 Å². The Morgan fingerprint density at radius 2 is 2.35 bits per heavy atom. The van der Waals surface area contributed by atoms with Gasteiger partial charge in [0.2, 0.25) is 0 Å². The smallest absolute Gasteiger partial charge is 0.410 e. The number of carbonyl (C=O) groups is 1. The highest BCUT2D eigenvalue weighted by molar-refractivity contribution is 7.07. The van der Waals surface area contributed by atoms with Gasteiger partial charge in [-0.15, -0.1) is 0 Å². The Labute approximate surface area is 143 Å². The zero-order valence-corrected chi connectivity index (χ0v) is 15.3. The van der Waals surface area contributed by atoms with Crippen LogP contribution in [0.2, 0.25) is 0 Å². The minimum absolute atomic E-state index is 0.0589. The van der Waals surface area contributed by atoms with Crippen LogP contribution in [0.4, 0.5) is 4.79 Å². The summed E-state index contributed by atoms with van der Waals surface area (Å²) in [6.45, 7) is 10.4. The van der Waals surface area contributed by atoms with Crippen LogP contribution in [0, 0.1) is 0 Å². The summed E-state index contributed by atoms with van der Waals surface area (Å²) in [4.78, 5) is 14.2. The van der Waals surface area contributed by atoms with Crippen LogP contribution < -0.4 is 5.32 Å². The van der Waals surface area contributed by atoms with Gasteiger partial charge in [0.1, 0.15) is 5.60 Å². The minimum Gasteiger partial charge on any atom is -0.444 e. The van der Waals surface area contributed by atoms with E-state index in [0.717, 1.165) is 13.0 Å². The highest BCUT2D eigenvalue weighted by Gasteiger charge is 2.31. The molecular formula is C17H28N2O3S. The summed E-state index contributed by atoms with van der Waals surface area (Å²) in [6, 6.07) is 2.48. The van der Waals surface area contributed by atoms with Crippen molar-refractivity contribution in [1.29, 1.82) is 0 Å². The van der Waals surface area contributed by atoms with E-state index in [9.17, 15) is 4.79 Å². The van der Waals surface area contributed by atoms with Crippen molar-refractivity contribution in [2.75, 3.05) is 19.8 Å². The summed E-state index contributed by atoms with van der Waals surface area (Å²) >= 11 is 1.71. The van der Waals surface area contributed by atoms with Crippen molar-refractivity contribution in [3.8, 4) is 0 Å². The molecule has 1 aromatic rings. The lowest BCUT2D eigenvalue weighted by molar-refractivity contribution is -0.0356. The molecular weight excluding hydrogens is 312 g/mol. The van der Waals surface area contributed by atoms with E-state index < -0.39 is 5.60 Å². The zero-order chi connectivity index (χ0) is 16.9. The molecule has 0 bridgehead atoms. The van der Waals surface area contributed by atoms with Gasteiger partial charge < -0.3 is 19.7 Å². The first kappa shape index (κ1) is 18.2. The number of hydrogen-bond acceptors (Lipinski definition) is 5. The molecule has 1 fully saturated rings. The fourth-order valence-corrected chi connectivity index (χ4v) is 3.26. The highest BCUT2D eigenvalue weighted by Crippen LogP contribution is 2.18. The summed E-state index contributed by atoms with van der Waals surface area (Å²) in [7, 11) is 0. The maximum atomic E-state index is 12.4. The van der Waals surface area contributed by atoms with E-state index in [1.165, 1.54) is 5.56 Å². The topological polar surface area (TPSA) is 50.8 Å². The second kappa shape index (κ2) is 8.13. The van der Waals surface area contributed by atoms with E-state index in [-0.39, 0.29) is 12.1 Å². The van der Waals surface area contributed by atoms with Gasteiger partial charge in [0, 0.05) is 19.1 Å². The molecule has 130 valence electrons. The van der Waals surface area contributed by atoms with Gasteiger partial charge in [0.05, 0.1) is 19.3 Å². The van der Waals surface area contributed by atoms with Gasteiger partial charge in [-0.2, -0.15) is 11.3 Å². The summed E-state index contributed by atoms with van der Waals surface area (Å²) in [5, 5.41) is 7.75. The number of ether oxygens (including phenoxy) is 2. The molecule has 1 aliphatic rings. The largest absolute Gasteiger partial charge is 0.444 e. The molecule has 1 N–H and O–H groups in total. The van der Waals surface area contributed by atoms with Gasteiger partial charge in [-0.1, -0.05) is 0 Å². The molecule has 1 aliphatic heterocycles. The molecule has 0 aliphatic carbocycles. The molecule has 1 aromatic heterocycles. The van der Waals surface area contributed by atoms with Crippen LogP contribution in [-0.4, -0.2) is 48.4 Å². The molecule has 1 saturated heterocycles. The van der Waals surface area contributed by atoms with Crippen molar-refractivity contribution in [1.82, 2.24) is 10.2 Å². The average Bonchev–Trinajstić information content (AvgIpc) is 2.97. The second-order valence-electron chi connectivity index (χ2n) is 7.05. The summed E-state index contributed by atoms with van der Waals surface area (Å²) in [5.74, 6) is 0. The normalized spacial score (nSPS) is 20.3. The van der Waals surface area contributed by atoms with E-state index in [1.54, 1.807) is 11.3 Å². The number of hydrogen-bond donors (Lipinski definition) is 1. The van der Waals surface area contributed by atoms with Gasteiger partial charge in [0.25, 0.3) is 0 Å². The standard InChI is InChI=1S/C17H28N2O3S/c1-13(18-10-14-5-8-23-12-14)9-15-11-21-7-6-19(15)16(20)22-17(2,3)4/h5,8,12-13,15,18H,6-7,9-11H2,1-4H3. The van der Waals surface area contributed by atoms with Crippen LogP contribution in [0.1, 0.15) is 39.7 Å². The molecule has 5 nitrogen and oxygen atoms in total. The lowest BCUT2D eigenvalue weighted by Gasteiger charge is -2.37. The minimum atomic E-state index is -0.469. The molecule has 2 heterocycles. The Morgan fingerprint density at radius 1 is 1.57 bits per heavy atom. The summed E-state index contributed by atoms with van der Waals surface area (Å²) in [5.41, 5.74) is 0.827. The molecule has 2 rings (SSSR count). The molecule has 0 saturated carbocycles. The van der Waals surface area contributed by atoms with Crippen molar-refractivity contribution in [2.24, 2.45) is 0 Å². The lowest BCUT2D eigenvalue weighted by atomic mass is 10.1. The fraction of sp³-hybridized carbons (Fsp3) is 0.706. The third kappa shape index (κ3) is 6.12. The first-order valence-corrected chi connectivity index (χ1v) is 9.11. The molecule has 2 unspecified atom stereocenters. The van der Waals surface area contributed by atoms with Crippen LogP contribution in [0.25, 0.3) is 0 Å². The quantitative estimate of drug-likeness (QED) is 0.894. The number of rotatable bonds is 5. The molecule has 2 atom stereocenters. The Hall–Kier alpha value is -1.11. The van der Waals surface area contributed by atoms with Crippen LogP contribution in [-0.2, 0) is 16.0 Å². The molecule has 0 aromatic carbocycles. The van der Waals surface area contributed by atoms with Gasteiger partial charge in [-0.25, -0.2) is 4.79 Å². The Morgan fingerprint density at radius 3 is 3.00 bits per heavy atom. The zero-order valence-electron chi connectivity index (χ0n) is 14.5. The van der Waals surface area contributed by atoms with Crippen LogP contribution in [0.15, 0.2) is 16.8 Å². The van der Waals surface area contributed by atoms with Crippen molar-refractivity contribution in [3.05, 3.63) is 22.4 Å². The first-order chi connectivity index (χ1) is 10.8. The predicted molar refractivity (Wildman–Crippen MR) is 92.8 cm³/mol. The summed E-state index contributed by atoms with van der Waals surface area (Å²) in [6.07, 6.45) is 0.611. The Bertz CT molecular complexity index is 485. The van der Waals surface area contributed by atoms with Crippen molar-refractivity contribution in [3.63, 3.8) is 0 Å². The number of carbonyl (C=O) groups excluding carboxylic acids is 1. The van der Waals surface area contributed by atoms with E-state index in [4.69, 9.17) is 9.47 Å². The average molecular weight is 340 g/mol. The van der Waals surface area contributed by atoms with Crippen molar-refractivity contribution in [2.45, 2.75) is 58.3 Å². The monoisotopic (exact) mass is 340 g/mol. The maximum Gasteiger partial charge on any atom is 0.410 e. The Balaban J connectivity index is 1.86. The van der Waals surface area contributed by atoms with Crippen molar-refractivity contribution >= 4 is 17.4 Å². The van der Waals surface area contributed by atoms with Gasteiger partial charge >= 0.3 is 6.09 Å². The molecule has 1 amide bonds. The van der Waals surface area contributed by atoms with E-state index in [0.29, 0.717) is 25.8 Å². The molecule has 6 heteroatoms. The van der Waals surface area contributed by atoms with Crippen LogP contribution in [0.5, 0.6) is 0 Å². The van der Waals surface area contributed by atoms with Crippen LogP contribution >= 0.6 is 11.3 Å². The van der Waals surface area contributed by atoms with E-state index >= 15 is 0 Å². The fourth-order valence-electron chi connectivity index (χ4n) is 2.59. The number of thiophene rings is 1. The second-order valence-corrected chi connectivity index (χ2v) is 7.83. The van der Waals surface area contributed by atoms with E-state index in [2.05, 4.69) is 29.1 Å². The van der Waals surface area contributed by atoms with Crippen LogP contribution in [0.3, 0.4) is 0 Å². The maximum absolute atomic E-state index is 12.4. The third-order valence-electron chi connectivity index (χ3n) is 3.72. The first-order valence-electron chi connectivity index (χ1n) is 8.17. The number of nitrogens with one attached hydrogen (secondary N) is 1. The van der Waals surface area contributed by atoms with Gasteiger partial charge in [-0.3, -0.25) is 0 Å². The Kier molecular flexibility index (Phi) is 6.44. The number of morpholine rings is 1. The van der Waals surface area contributed by atoms with E-state index in [1.807, 2.05) is 25.7 Å². The van der Waals surface area contributed by atoms with Gasteiger partial charge in [0.15, 0.2) is 0 Å². The predicted octanol–water partition coefficient (Wildman–Crippen LogP) is 3.25. The lowest BCUT2D eigenvalue weighted by Crippen LogP contribution is -2.52. The summed E-state index contributed by atoms with van der Waals surface area (Å²) < 4.78 is 11.1. The molecule has 23 heavy (non-hydrogen) atoms. The molecule has 0 radical (unpaired) electrons. The van der Waals surface area contributed by atoms with Gasteiger partial charge in [-0.05, 0) is 56.5 Å². The highest BCUT2D eigenvalue weighted by atomic mass is 32.1. The number of amides is 1. The molecule has 0 spiro atoms. The number of nitrogens with zero attached hydrogens (tertiary/aromatic N) is 1. The SMILES string of the molecule is CC(CC1COCCN1C(=O)OC(C)(C)C)NCc1ccsc1.